The fraction of sp³-hybridized carbons (Fsp3) is 0.533. The Kier molecular flexibility index (Phi) is 6.62. The van der Waals surface area contributed by atoms with Crippen LogP contribution < -0.4 is 15.4 Å². The number of nitrogens with zero attached hydrogens (tertiary/aromatic N) is 1. The number of amides is 1. The zero-order valence-corrected chi connectivity index (χ0v) is 14.1. The summed E-state index contributed by atoms with van der Waals surface area (Å²) >= 11 is 0. The zero-order valence-electron chi connectivity index (χ0n) is 14.1. The van der Waals surface area contributed by atoms with Gasteiger partial charge in [0.15, 0.2) is 5.69 Å². The van der Waals surface area contributed by atoms with Crippen LogP contribution in [0, 0.1) is 0 Å². The predicted octanol–water partition coefficient (Wildman–Crippen LogP) is 1.81. The molecule has 0 aliphatic rings. The average molecular weight is 325 g/mol. The molecule has 0 aliphatic heterocycles. The number of esters is 1. The van der Waals surface area contributed by atoms with Crippen LogP contribution in [-0.2, 0) is 9.47 Å². The Balaban J connectivity index is 2.52. The smallest absolute Gasteiger partial charge is 0.407 e. The van der Waals surface area contributed by atoms with E-state index in [1.165, 1.54) is 20.3 Å². The Labute approximate surface area is 135 Å². The van der Waals surface area contributed by atoms with E-state index in [0.717, 1.165) is 0 Å². The molecule has 1 aromatic rings. The van der Waals surface area contributed by atoms with Crippen LogP contribution in [0.4, 0.5) is 10.5 Å². The topological polar surface area (TPSA) is 98.8 Å². The molecule has 0 fully saturated rings. The van der Waals surface area contributed by atoms with Crippen LogP contribution in [-0.4, -0.2) is 50.0 Å². The van der Waals surface area contributed by atoms with Crippen molar-refractivity contribution in [2.75, 3.05) is 32.6 Å². The lowest BCUT2D eigenvalue weighted by atomic mass is 10.2. The second-order valence-corrected chi connectivity index (χ2v) is 5.60. The van der Waals surface area contributed by atoms with Crippen molar-refractivity contribution in [3.05, 3.63) is 17.8 Å². The summed E-state index contributed by atoms with van der Waals surface area (Å²) in [6.07, 6.45) is -0.481. The van der Waals surface area contributed by atoms with Gasteiger partial charge in [-0.15, -0.1) is 0 Å². The van der Waals surface area contributed by atoms with Gasteiger partial charge in [0.2, 0.25) is 5.88 Å². The third-order valence-electron chi connectivity index (χ3n) is 2.56. The molecule has 0 bridgehead atoms. The Hall–Kier alpha value is -2.51. The van der Waals surface area contributed by atoms with Gasteiger partial charge >= 0.3 is 12.1 Å². The highest BCUT2D eigenvalue weighted by Gasteiger charge is 2.15. The molecule has 0 radical (unpaired) electrons. The minimum atomic E-state index is -0.540. The fourth-order valence-electron chi connectivity index (χ4n) is 1.62. The number of carbonyl (C=O) groups excluding carboxylic acids is 2. The maximum atomic E-state index is 11.5. The van der Waals surface area contributed by atoms with Gasteiger partial charge in [0.1, 0.15) is 5.60 Å². The zero-order chi connectivity index (χ0) is 17.5. The minimum Gasteiger partial charge on any atom is -0.480 e. The van der Waals surface area contributed by atoms with E-state index < -0.39 is 17.7 Å². The van der Waals surface area contributed by atoms with E-state index >= 15 is 0 Å². The van der Waals surface area contributed by atoms with Crippen molar-refractivity contribution >= 4 is 17.7 Å². The van der Waals surface area contributed by atoms with Crippen molar-refractivity contribution in [2.24, 2.45) is 0 Å². The molecule has 0 aromatic carbocycles. The first-order valence-electron chi connectivity index (χ1n) is 7.11. The molecule has 8 heteroatoms. The molecule has 0 spiro atoms. The van der Waals surface area contributed by atoms with Crippen LogP contribution in [0.15, 0.2) is 12.1 Å². The highest BCUT2D eigenvalue weighted by molar-refractivity contribution is 5.87. The molecule has 0 unspecified atom stereocenters. The highest BCUT2D eigenvalue weighted by atomic mass is 16.6. The molecular weight excluding hydrogens is 302 g/mol. The summed E-state index contributed by atoms with van der Waals surface area (Å²) in [5, 5.41) is 5.68. The summed E-state index contributed by atoms with van der Waals surface area (Å²) in [4.78, 5) is 27.0. The quantitative estimate of drug-likeness (QED) is 0.608. The van der Waals surface area contributed by atoms with Crippen molar-refractivity contribution in [3.8, 4) is 5.88 Å². The van der Waals surface area contributed by atoms with Crippen molar-refractivity contribution in [2.45, 2.75) is 26.4 Å². The van der Waals surface area contributed by atoms with Gasteiger partial charge in [0, 0.05) is 13.1 Å². The second-order valence-electron chi connectivity index (χ2n) is 5.60. The molecule has 0 saturated heterocycles. The molecule has 1 aromatic heterocycles. The molecule has 1 rings (SSSR count). The highest BCUT2D eigenvalue weighted by Crippen LogP contribution is 2.21. The second kappa shape index (κ2) is 8.21. The van der Waals surface area contributed by atoms with Crippen LogP contribution >= 0.6 is 0 Å². The molecule has 23 heavy (non-hydrogen) atoms. The number of alkyl carbamates (subject to hydrolysis) is 1. The monoisotopic (exact) mass is 325 g/mol. The van der Waals surface area contributed by atoms with E-state index in [9.17, 15) is 9.59 Å². The van der Waals surface area contributed by atoms with Crippen LogP contribution in [0.1, 0.15) is 31.3 Å². The summed E-state index contributed by atoms with van der Waals surface area (Å²) in [6.45, 7) is 6.18. The van der Waals surface area contributed by atoms with E-state index in [1.807, 2.05) is 0 Å². The van der Waals surface area contributed by atoms with Gasteiger partial charge in [-0.1, -0.05) is 0 Å². The van der Waals surface area contributed by atoms with Gasteiger partial charge in [0.25, 0.3) is 0 Å². The third-order valence-corrected chi connectivity index (χ3v) is 2.56. The lowest BCUT2D eigenvalue weighted by Crippen LogP contribution is -2.35. The summed E-state index contributed by atoms with van der Waals surface area (Å²) in [5.41, 5.74) is 0.224. The first-order valence-corrected chi connectivity index (χ1v) is 7.11. The molecule has 0 aliphatic carbocycles. The number of hydrogen-bond acceptors (Lipinski definition) is 7. The molecule has 128 valence electrons. The van der Waals surface area contributed by atoms with Crippen LogP contribution in [0.3, 0.4) is 0 Å². The fourth-order valence-corrected chi connectivity index (χ4v) is 1.62. The molecular formula is C15H23N3O5. The van der Waals surface area contributed by atoms with Crippen LogP contribution in [0.2, 0.25) is 0 Å². The number of rotatable bonds is 6. The predicted molar refractivity (Wildman–Crippen MR) is 84.9 cm³/mol. The van der Waals surface area contributed by atoms with Gasteiger partial charge in [-0.25, -0.2) is 14.6 Å². The maximum absolute atomic E-state index is 11.5. The van der Waals surface area contributed by atoms with E-state index in [2.05, 4.69) is 20.4 Å². The first-order chi connectivity index (χ1) is 10.8. The normalized spacial score (nSPS) is 10.7. The van der Waals surface area contributed by atoms with Crippen molar-refractivity contribution < 1.29 is 23.8 Å². The lowest BCUT2D eigenvalue weighted by molar-refractivity contribution is 0.0528. The van der Waals surface area contributed by atoms with E-state index in [1.54, 1.807) is 26.8 Å². The molecule has 0 saturated carbocycles. The summed E-state index contributed by atoms with van der Waals surface area (Å²) < 4.78 is 14.9. The van der Waals surface area contributed by atoms with Gasteiger partial charge in [0.05, 0.1) is 19.9 Å². The number of ether oxygens (including phenoxy) is 3. The standard InChI is InChI=1S/C15H23N3O5/c1-15(2,3)23-14(20)17-9-8-16-10-6-7-11(13(19)22-5)18-12(10)21-4/h6-7,16H,8-9H2,1-5H3,(H,17,20). The number of nitrogens with one attached hydrogen (secondary N) is 2. The SMILES string of the molecule is COC(=O)c1ccc(NCCNC(=O)OC(C)(C)C)c(OC)n1. The Bertz CT molecular complexity index is 555. The van der Waals surface area contributed by atoms with Gasteiger partial charge in [-0.2, -0.15) is 0 Å². The largest absolute Gasteiger partial charge is 0.480 e. The molecule has 2 N–H and O–H groups in total. The van der Waals surface area contributed by atoms with Gasteiger partial charge in [-0.3, -0.25) is 0 Å². The van der Waals surface area contributed by atoms with E-state index in [-0.39, 0.29) is 11.6 Å². The summed E-state index contributed by atoms with van der Waals surface area (Å²) in [5.74, 6) is -0.272. The number of methoxy groups -OCH3 is 2. The molecule has 8 nitrogen and oxygen atoms in total. The Morgan fingerprint density at radius 1 is 1.17 bits per heavy atom. The Morgan fingerprint density at radius 2 is 1.87 bits per heavy atom. The van der Waals surface area contributed by atoms with Crippen molar-refractivity contribution in [1.82, 2.24) is 10.3 Å². The van der Waals surface area contributed by atoms with Crippen LogP contribution in [0.5, 0.6) is 5.88 Å². The van der Waals surface area contributed by atoms with Crippen molar-refractivity contribution in [3.63, 3.8) is 0 Å². The van der Waals surface area contributed by atoms with Gasteiger partial charge in [-0.05, 0) is 32.9 Å². The number of aromatic nitrogens is 1. The molecule has 1 heterocycles. The lowest BCUT2D eigenvalue weighted by Gasteiger charge is -2.19. The average Bonchev–Trinajstić information content (AvgIpc) is 2.49. The third kappa shape index (κ3) is 6.41. The number of hydrogen-bond donors (Lipinski definition) is 2. The van der Waals surface area contributed by atoms with Crippen LogP contribution in [0.25, 0.3) is 0 Å². The first kappa shape index (κ1) is 18.5. The van der Waals surface area contributed by atoms with Gasteiger partial charge < -0.3 is 24.8 Å². The Morgan fingerprint density at radius 3 is 2.43 bits per heavy atom. The number of anilines is 1. The summed E-state index contributed by atoms with van der Waals surface area (Å²) in [6, 6.07) is 3.18. The van der Waals surface area contributed by atoms with E-state index in [4.69, 9.17) is 9.47 Å². The van der Waals surface area contributed by atoms with Crippen molar-refractivity contribution in [1.29, 1.82) is 0 Å². The number of carbonyl (C=O) groups is 2. The molecule has 0 atom stereocenters. The maximum Gasteiger partial charge on any atom is 0.407 e. The molecule has 1 amide bonds. The van der Waals surface area contributed by atoms with E-state index in [0.29, 0.717) is 18.8 Å². The minimum absolute atomic E-state index is 0.154. The summed E-state index contributed by atoms with van der Waals surface area (Å²) in [7, 11) is 2.73. The number of pyridine rings is 1.